The summed E-state index contributed by atoms with van der Waals surface area (Å²) in [5, 5.41) is 9.50. The number of benzene rings is 2. The number of aryl methyl sites for hydroxylation is 1. The van der Waals surface area contributed by atoms with Crippen molar-refractivity contribution in [1.29, 1.82) is 0 Å². The van der Waals surface area contributed by atoms with E-state index in [1.165, 1.54) is 0 Å². The molecular formula is C22H24ClN3O2. The zero-order valence-corrected chi connectivity index (χ0v) is 16.9. The minimum atomic E-state index is 0.251. The zero-order chi connectivity index (χ0) is 19.5. The summed E-state index contributed by atoms with van der Waals surface area (Å²) in [5.74, 6) is 3.83. The van der Waals surface area contributed by atoms with Crippen LogP contribution >= 0.6 is 11.6 Å². The van der Waals surface area contributed by atoms with Crippen LogP contribution in [0.15, 0.2) is 48.5 Å². The minimum Gasteiger partial charge on any atom is -0.495 e. The van der Waals surface area contributed by atoms with Gasteiger partial charge in [0, 0.05) is 17.0 Å². The first-order chi connectivity index (χ1) is 13.7. The van der Waals surface area contributed by atoms with E-state index in [1.807, 2.05) is 55.5 Å². The topological polar surface area (TPSA) is 49.2 Å². The third-order valence-electron chi connectivity index (χ3n) is 5.32. The van der Waals surface area contributed by atoms with Crippen LogP contribution in [0.3, 0.4) is 0 Å². The Labute approximate surface area is 170 Å². The molecule has 1 aliphatic carbocycles. The van der Waals surface area contributed by atoms with Gasteiger partial charge >= 0.3 is 0 Å². The average molecular weight is 398 g/mol. The van der Waals surface area contributed by atoms with Crippen LogP contribution in [0, 0.1) is 6.92 Å². The van der Waals surface area contributed by atoms with Crippen molar-refractivity contribution in [2.75, 3.05) is 7.11 Å². The molecular weight excluding hydrogens is 374 g/mol. The highest BCUT2D eigenvalue weighted by molar-refractivity contribution is 6.30. The summed E-state index contributed by atoms with van der Waals surface area (Å²) in [7, 11) is 1.65. The molecule has 146 valence electrons. The number of ether oxygens (including phenoxy) is 2. The summed E-state index contributed by atoms with van der Waals surface area (Å²) in [6, 6.07) is 15.7. The molecule has 5 nitrogen and oxygen atoms in total. The van der Waals surface area contributed by atoms with E-state index in [9.17, 15) is 0 Å². The Morgan fingerprint density at radius 2 is 1.75 bits per heavy atom. The Kier molecular flexibility index (Phi) is 5.53. The van der Waals surface area contributed by atoms with Gasteiger partial charge in [-0.05, 0) is 56.9 Å². The van der Waals surface area contributed by atoms with Gasteiger partial charge in [-0.3, -0.25) is 4.57 Å². The van der Waals surface area contributed by atoms with E-state index >= 15 is 0 Å². The Bertz CT molecular complexity index is 934. The Hall–Kier alpha value is -2.53. The number of methoxy groups -OCH3 is 1. The third kappa shape index (κ3) is 3.85. The molecule has 1 fully saturated rings. The van der Waals surface area contributed by atoms with E-state index in [0.717, 1.165) is 54.5 Å². The quantitative estimate of drug-likeness (QED) is 0.582. The fraction of sp³-hybridized carbons (Fsp3) is 0.364. The van der Waals surface area contributed by atoms with Crippen molar-refractivity contribution >= 4 is 11.6 Å². The molecule has 28 heavy (non-hydrogen) atoms. The molecule has 0 saturated heterocycles. The summed E-state index contributed by atoms with van der Waals surface area (Å²) < 4.78 is 13.8. The molecule has 0 N–H and O–H groups in total. The number of para-hydroxylation sites is 1. The second-order valence-electron chi connectivity index (χ2n) is 7.16. The van der Waals surface area contributed by atoms with Crippen molar-refractivity contribution < 1.29 is 9.47 Å². The van der Waals surface area contributed by atoms with Crippen molar-refractivity contribution in [3.8, 4) is 17.2 Å². The van der Waals surface area contributed by atoms with Gasteiger partial charge in [0.2, 0.25) is 0 Å². The lowest BCUT2D eigenvalue weighted by molar-refractivity contribution is 0.144. The summed E-state index contributed by atoms with van der Waals surface area (Å²) in [6.07, 6.45) is 4.30. The van der Waals surface area contributed by atoms with Crippen molar-refractivity contribution in [1.82, 2.24) is 14.8 Å². The van der Waals surface area contributed by atoms with Gasteiger partial charge in [0.15, 0.2) is 0 Å². The van der Waals surface area contributed by atoms with Crippen LogP contribution in [0.4, 0.5) is 0 Å². The molecule has 1 aliphatic rings. The van der Waals surface area contributed by atoms with Crippen molar-refractivity contribution in [2.45, 2.75) is 44.6 Å². The number of hydrogen-bond acceptors (Lipinski definition) is 4. The second kappa shape index (κ2) is 8.23. The predicted octanol–water partition coefficient (Wildman–Crippen LogP) is 5.34. The molecule has 0 atom stereocenters. The van der Waals surface area contributed by atoms with E-state index in [1.54, 1.807) is 7.11 Å². The molecule has 0 aliphatic heterocycles. The van der Waals surface area contributed by atoms with Crippen molar-refractivity contribution in [3.63, 3.8) is 0 Å². The van der Waals surface area contributed by atoms with Crippen LogP contribution in [0.25, 0.3) is 5.69 Å². The molecule has 1 saturated carbocycles. The van der Waals surface area contributed by atoms with Gasteiger partial charge in [0.1, 0.15) is 23.1 Å². The van der Waals surface area contributed by atoms with Gasteiger partial charge in [-0.2, -0.15) is 0 Å². The first-order valence-corrected chi connectivity index (χ1v) is 10.0. The minimum absolute atomic E-state index is 0.251. The molecule has 4 rings (SSSR count). The zero-order valence-electron chi connectivity index (χ0n) is 16.1. The Morgan fingerprint density at radius 1 is 1.00 bits per heavy atom. The van der Waals surface area contributed by atoms with Crippen LogP contribution < -0.4 is 9.47 Å². The van der Waals surface area contributed by atoms with E-state index in [4.69, 9.17) is 21.1 Å². The molecule has 0 radical (unpaired) electrons. The van der Waals surface area contributed by atoms with Crippen molar-refractivity contribution in [3.05, 3.63) is 65.2 Å². The van der Waals surface area contributed by atoms with E-state index in [0.29, 0.717) is 10.9 Å². The fourth-order valence-corrected chi connectivity index (χ4v) is 4.07. The first kappa shape index (κ1) is 18.8. The normalized spacial score (nSPS) is 19.4. The Morgan fingerprint density at radius 3 is 2.46 bits per heavy atom. The van der Waals surface area contributed by atoms with Gasteiger partial charge in [-0.15, -0.1) is 10.2 Å². The molecule has 1 aromatic heterocycles. The van der Waals surface area contributed by atoms with E-state index < -0.39 is 0 Å². The van der Waals surface area contributed by atoms with Crippen LogP contribution in [-0.4, -0.2) is 28.0 Å². The summed E-state index contributed by atoms with van der Waals surface area (Å²) in [6.45, 7) is 1.97. The molecule has 6 heteroatoms. The maximum atomic E-state index is 6.13. The van der Waals surface area contributed by atoms with Gasteiger partial charge in [-0.25, -0.2) is 0 Å². The molecule has 1 heterocycles. The lowest BCUT2D eigenvalue weighted by Crippen LogP contribution is -2.24. The number of nitrogens with zero attached hydrogens (tertiary/aromatic N) is 3. The number of halogens is 1. The highest BCUT2D eigenvalue weighted by atomic mass is 35.5. The highest BCUT2D eigenvalue weighted by Gasteiger charge is 2.28. The van der Waals surface area contributed by atoms with E-state index in [-0.39, 0.29) is 6.10 Å². The highest BCUT2D eigenvalue weighted by Crippen LogP contribution is 2.37. The Balaban J connectivity index is 1.53. The maximum Gasteiger partial charge on any atom is 0.144 e. The third-order valence-corrected chi connectivity index (χ3v) is 5.55. The number of hydrogen-bond donors (Lipinski definition) is 0. The monoisotopic (exact) mass is 397 g/mol. The predicted molar refractivity (Wildman–Crippen MR) is 110 cm³/mol. The van der Waals surface area contributed by atoms with Gasteiger partial charge in [0.25, 0.3) is 0 Å². The largest absolute Gasteiger partial charge is 0.495 e. The van der Waals surface area contributed by atoms with E-state index in [2.05, 4.69) is 14.8 Å². The van der Waals surface area contributed by atoms with Gasteiger partial charge < -0.3 is 9.47 Å². The van der Waals surface area contributed by atoms with Crippen LogP contribution in [0.5, 0.6) is 11.5 Å². The van der Waals surface area contributed by atoms with Crippen LogP contribution in [0.1, 0.15) is 43.3 Å². The lowest BCUT2D eigenvalue weighted by Gasteiger charge is -2.29. The molecule has 0 unspecified atom stereocenters. The first-order valence-electron chi connectivity index (χ1n) is 9.63. The standard InChI is InChI=1S/C22H24ClN3O2/c1-15-24-25-22(26(15)20-13-10-17(23)14-21(20)27-2)16-8-11-19(12-9-16)28-18-6-4-3-5-7-18/h3-7,10,13-14,16,19H,8-9,11-12H2,1-2H3/t16-,19+. The van der Waals surface area contributed by atoms with Crippen molar-refractivity contribution in [2.24, 2.45) is 0 Å². The molecule has 2 aromatic carbocycles. The molecule has 0 spiro atoms. The average Bonchev–Trinajstić information content (AvgIpc) is 3.10. The summed E-state index contributed by atoms with van der Waals surface area (Å²) in [4.78, 5) is 0. The number of rotatable bonds is 5. The lowest BCUT2D eigenvalue weighted by atomic mass is 9.86. The SMILES string of the molecule is COc1cc(Cl)ccc1-n1c(C)nnc1[C@H]1CC[C@@H](Oc2ccccc2)CC1. The van der Waals surface area contributed by atoms with Gasteiger partial charge in [-0.1, -0.05) is 29.8 Å². The molecule has 0 amide bonds. The molecule has 3 aromatic rings. The maximum absolute atomic E-state index is 6.13. The van der Waals surface area contributed by atoms with Crippen LogP contribution in [-0.2, 0) is 0 Å². The summed E-state index contributed by atoms with van der Waals surface area (Å²) in [5.41, 5.74) is 0.923. The second-order valence-corrected chi connectivity index (χ2v) is 7.60. The fourth-order valence-electron chi connectivity index (χ4n) is 3.91. The number of aromatic nitrogens is 3. The smallest absolute Gasteiger partial charge is 0.144 e. The van der Waals surface area contributed by atoms with Crippen LogP contribution in [0.2, 0.25) is 5.02 Å². The molecule has 0 bridgehead atoms. The van der Waals surface area contributed by atoms with Gasteiger partial charge in [0.05, 0.1) is 18.9 Å². The summed E-state index contributed by atoms with van der Waals surface area (Å²) >= 11 is 6.13.